The van der Waals surface area contributed by atoms with E-state index in [9.17, 15) is 8.76 Å². The lowest BCUT2D eigenvalue weighted by Gasteiger charge is -2.06. The molecule has 0 heterocycles. The van der Waals surface area contributed by atoms with Crippen molar-refractivity contribution in [1.82, 2.24) is 0 Å². The monoisotopic (exact) mass is 183 g/mol. The number of aryl methyl sites for hydroxylation is 2. The third kappa shape index (κ3) is 2.75. The van der Waals surface area contributed by atoms with Gasteiger partial charge in [-0.25, -0.2) is 0 Å². The van der Waals surface area contributed by atoms with Crippen LogP contribution in [0.2, 0.25) is 0 Å². The molecule has 0 bridgehead atoms. The van der Waals surface area contributed by atoms with Crippen molar-refractivity contribution in [3.05, 3.63) is 35.4 Å². The molecule has 1 unspecified atom stereocenters. The lowest BCUT2D eigenvalue weighted by Crippen LogP contribution is -2.00. The van der Waals surface area contributed by atoms with Crippen LogP contribution in [-0.2, 0) is 17.5 Å². The number of benzene rings is 1. The van der Waals surface area contributed by atoms with Crippen LogP contribution in [0.25, 0.3) is 0 Å². The first-order valence-corrected chi connectivity index (χ1v) is 5.05. The summed E-state index contributed by atoms with van der Waals surface area (Å²) in [5.41, 5.74) is 2.27. The van der Waals surface area contributed by atoms with E-state index in [4.69, 9.17) is 0 Å². The van der Waals surface area contributed by atoms with Gasteiger partial charge in [-0.3, -0.25) is 4.21 Å². The summed E-state index contributed by atoms with van der Waals surface area (Å²) in [6.07, 6.45) is 0.614. The maximum absolute atomic E-state index is 10.3. The van der Waals surface area contributed by atoms with Gasteiger partial charge in [0.05, 0.1) is 0 Å². The van der Waals surface area contributed by atoms with E-state index >= 15 is 0 Å². The highest BCUT2D eigenvalue weighted by Gasteiger charge is 1.95. The van der Waals surface area contributed by atoms with E-state index in [1.54, 1.807) is 0 Å². The highest BCUT2D eigenvalue weighted by Crippen LogP contribution is 2.07. The molecule has 0 spiro atoms. The lowest BCUT2D eigenvalue weighted by molar-refractivity contribution is 0.536. The first-order valence-electron chi connectivity index (χ1n) is 3.80. The second kappa shape index (κ2) is 4.38. The van der Waals surface area contributed by atoms with E-state index in [2.05, 4.69) is 0 Å². The molecule has 1 aromatic rings. The van der Waals surface area contributed by atoms with E-state index in [1.165, 1.54) is 0 Å². The van der Waals surface area contributed by atoms with Crippen molar-refractivity contribution in [2.24, 2.45) is 0 Å². The Labute approximate surface area is 74.9 Å². The summed E-state index contributed by atoms with van der Waals surface area (Å²) < 4.78 is 20.6. The molecule has 2 nitrogen and oxygen atoms in total. The van der Waals surface area contributed by atoms with Crippen molar-refractivity contribution in [2.45, 2.75) is 13.3 Å². The average molecular weight is 183 g/mol. The average Bonchev–Trinajstić information content (AvgIpc) is 2.03. The van der Waals surface area contributed by atoms with Gasteiger partial charge in [0.15, 0.2) is 0 Å². The van der Waals surface area contributed by atoms with Gasteiger partial charge >= 0.3 is 0 Å². The summed E-state index contributed by atoms with van der Waals surface area (Å²) in [5, 5.41) is 0. The molecule has 0 fully saturated rings. The van der Waals surface area contributed by atoms with Crippen molar-refractivity contribution >= 4 is 11.1 Å². The Bertz CT molecular complexity index is 284. The number of rotatable bonds is 3. The van der Waals surface area contributed by atoms with Crippen LogP contribution in [0.1, 0.15) is 11.1 Å². The molecule has 0 aliphatic heterocycles. The largest absolute Gasteiger partial charge is 0.772 e. The van der Waals surface area contributed by atoms with Gasteiger partial charge in [0.25, 0.3) is 0 Å². The summed E-state index contributed by atoms with van der Waals surface area (Å²) in [6.45, 7) is 1.99. The molecular weight excluding hydrogens is 172 g/mol. The molecule has 0 aliphatic rings. The molecule has 0 N–H and O–H groups in total. The highest BCUT2D eigenvalue weighted by atomic mass is 32.2. The lowest BCUT2D eigenvalue weighted by atomic mass is 10.1. The predicted octanol–water partition coefficient (Wildman–Crippen LogP) is 1.42. The minimum absolute atomic E-state index is 0.213. The molecule has 0 radical (unpaired) electrons. The third-order valence-corrected chi connectivity index (χ3v) is 2.34. The van der Waals surface area contributed by atoms with Crippen molar-refractivity contribution in [1.29, 1.82) is 0 Å². The fourth-order valence-corrected chi connectivity index (χ4v) is 1.47. The Hall–Kier alpha value is -0.670. The molecule has 0 saturated heterocycles. The Morgan fingerprint density at radius 3 is 2.67 bits per heavy atom. The molecule has 0 aromatic heterocycles. The quantitative estimate of drug-likeness (QED) is 0.665. The molecule has 1 rings (SSSR count). The summed E-state index contributed by atoms with van der Waals surface area (Å²) in [6, 6.07) is 7.83. The standard InChI is InChI=1S/C9H12O2S/c1-8-4-2-3-5-9(8)6-7-12(10)11/h2-5H,6-7H2,1H3,(H,10,11)/p-1. The van der Waals surface area contributed by atoms with Gasteiger partial charge < -0.3 is 4.55 Å². The second-order valence-corrected chi connectivity index (χ2v) is 3.70. The second-order valence-electron chi connectivity index (χ2n) is 2.68. The molecule has 3 heteroatoms. The van der Waals surface area contributed by atoms with Crippen LogP contribution in [0.3, 0.4) is 0 Å². The Balaban J connectivity index is 2.63. The first kappa shape index (κ1) is 9.42. The van der Waals surface area contributed by atoms with Gasteiger partial charge in [0, 0.05) is 5.75 Å². The Kier molecular flexibility index (Phi) is 3.44. The van der Waals surface area contributed by atoms with Gasteiger partial charge in [-0.1, -0.05) is 35.3 Å². The maximum Gasteiger partial charge on any atom is 0.0142 e. The zero-order chi connectivity index (χ0) is 8.97. The van der Waals surface area contributed by atoms with Crippen LogP contribution in [0.5, 0.6) is 0 Å². The fourth-order valence-electron chi connectivity index (χ4n) is 1.08. The molecule has 0 aliphatic carbocycles. The Morgan fingerprint density at radius 1 is 1.42 bits per heavy atom. The van der Waals surface area contributed by atoms with Crippen LogP contribution < -0.4 is 0 Å². The van der Waals surface area contributed by atoms with Crippen molar-refractivity contribution in [3.8, 4) is 0 Å². The van der Waals surface area contributed by atoms with Gasteiger partial charge in [0.1, 0.15) is 0 Å². The fraction of sp³-hybridized carbons (Fsp3) is 0.333. The molecule has 0 amide bonds. The van der Waals surface area contributed by atoms with E-state index < -0.39 is 11.1 Å². The Morgan fingerprint density at radius 2 is 2.08 bits per heavy atom. The summed E-state index contributed by atoms with van der Waals surface area (Å²) in [7, 11) is 0. The smallest absolute Gasteiger partial charge is 0.0142 e. The molecule has 0 saturated carbocycles. The number of hydrogen-bond acceptors (Lipinski definition) is 2. The van der Waals surface area contributed by atoms with E-state index in [0.717, 1.165) is 11.1 Å². The third-order valence-electron chi connectivity index (χ3n) is 1.80. The summed E-state index contributed by atoms with van der Waals surface area (Å²) in [5.74, 6) is 0.213. The summed E-state index contributed by atoms with van der Waals surface area (Å²) in [4.78, 5) is 0. The van der Waals surface area contributed by atoms with Crippen molar-refractivity contribution in [3.63, 3.8) is 0 Å². The van der Waals surface area contributed by atoms with Gasteiger partial charge in [-0.15, -0.1) is 0 Å². The van der Waals surface area contributed by atoms with Gasteiger partial charge in [-0.2, -0.15) is 0 Å². The van der Waals surface area contributed by atoms with E-state index in [0.29, 0.717) is 6.42 Å². The van der Waals surface area contributed by atoms with Crippen LogP contribution in [0.4, 0.5) is 0 Å². The van der Waals surface area contributed by atoms with Crippen molar-refractivity contribution < 1.29 is 8.76 Å². The zero-order valence-corrected chi connectivity index (χ0v) is 7.76. The van der Waals surface area contributed by atoms with Crippen LogP contribution in [0.15, 0.2) is 24.3 Å². The van der Waals surface area contributed by atoms with Crippen molar-refractivity contribution in [2.75, 3.05) is 5.75 Å². The minimum atomic E-state index is -1.92. The van der Waals surface area contributed by atoms with Crippen LogP contribution in [-0.4, -0.2) is 14.5 Å². The van der Waals surface area contributed by atoms with E-state index in [-0.39, 0.29) is 5.75 Å². The minimum Gasteiger partial charge on any atom is -0.772 e. The summed E-state index contributed by atoms with van der Waals surface area (Å²) >= 11 is -1.92. The van der Waals surface area contributed by atoms with Crippen LogP contribution >= 0.6 is 0 Å². The predicted molar refractivity (Wildman–Crippen MR) is 48.7 cm³/mol. The normalized spacial score (nSPS) is 12.8. The van der Waals surface area contributed by atoms with E-state index in [1.807, 2.05) is 31.2 Å². The SMILES string of the molecule is Cc1ccccc1CCS(=O)[O-]. The number of hydrogen-bond donors (Lipinski definition) is 0. The topological polar surface area (TPSA) is 40.1 Å². The van der Waals surface area contributed by atoms with Crippen LogP contribution in [0, 0.1) is 6.92 Å². The molecular formula is C9H11O2S-. The molecule has 1 atom stereocenters. The molecule has 1 aromatic carbocycles. The highest BCUT2D eigenvalue weighted by molar-refractivity contribution is 7.79. The molecule has 12 heavy (non-hydrogen) atoms. The maximum atomic E-state index is 10.3. The zero-order valence-electron chi connectivity index (χ0n) is 6.95. The molecule has 66 valence electrons. The first-order chi connectivity index (χ1) is 5.70. The van der Waals surface area contributed by atoms with Gasteiger partial charge in [0.2, 0.25) is 0 Å². The van der Waals surface area contributed by atoms with Gasteiger partial charge in [-0.05, 0) is 24.5 Å².